The van der Waals surface area contributed by atoms with Gasteiger partial charge in [0.2, 0.25) is 0 Å². The summed E-state index contributed by atoms with van der Waals surface area (Å²) in [5.74, 6) is 0.709. The van der Waals surface area contributed by atoms with Crippen LogP contribution in [0.2, 0.25) is 0 Å². The number of aryl methyl sites for hydroxylation is 1. The minimum atomic E-state index is -0.0377. The molecule has 0 amide bonds. The summed E-state index contributed by atoms with van der Waals surface area (Å²) in [5.41, 5.74) is 5.47. The number of nitrogens with zero attached hydrogens (tertiary/aromatic N) is 5. The lowest BCUT2D eigenvalue weighted by Gasteiger charge is -2.34. The Morgan fingerprint density at radius 1 is 1.43 bits per heavy atom. The third-order valence-corrected chi connectivity index (χ3v) is 3.55. The summed E-state index contributed by atoms with van der Waals surface area (Å²) in [6.45, 7) is 6.09. The van der Waals surface area contributed by atoms with Gasteiger partial charge in [-0.2, -0.15) is 0 Å². The SMILES string of the molecule is CCCn1ccnc(N2CCN(CC(N)=NO)CC2)c1=O. The molecule has 8 nitrogen and oxygen atoms in total. The van der Waals surface area contributed by atoms with Crippen LogP contribution in [-0.2, 0) is 6.54 Å². The molecule has 21 heavy (non-hydrogen) atoms. The molecule has 116 valence electrons. The first kappa shape index (κ1) is 15.3. The lowest BCUT2D eigenvalue weighted by molar-refractivity contribution is 0.278. The van der Waals surface area contributed by atoms with Crippen LogP contribution in [0.15, 0.2) is 22.3 Å². The zero-order valence-corrected chi connectivity index (χ0v) is 12.3. The van der Waals surface area contributed by atoms with Crippen LogP contribution in [0.1, 0.15) is 13.3 Å². The number of piperazine rings is 1. The molecule has 1 aromatic rings. The monoisotopic (exact) mass is 294 g/mol. The highest BCUT2D eigenvalue weighted by Gasteiger charge is 2.21. The standard InChI is InChI=1S/C13H22N6O2/c1-2-4-19-5-3-15-12(13(19)20)18-8-6-17(7-9-18)10-11(14)16-21/h3,5,21H,2,4,6-10H2,1H3,(H2,14,16). The van der Waals surface area contributed by atoms with E-state index in [0.717, 1.165) is 19.5 Å². The minimum Gasteiger partial charge on any atom is -0.409 e. The molecule has 8 heteroatoms. The van der Waals surface area contributed by atoms with Gasteiger partial charge in [-0.05, 0) is 6.42 Å². The predicted molar refractivity (Wildman–Crippen MR) is 80.8 cm³/mol. The predicted octanol–water partition coefficient (Wildman–Crippen LogP) is -0.478. The summed E-state index contributed by atoms with van der Waals surface area (Å²) >= 11 is 0. The van der Waals surface area contributed by atoms with E-state index in [1.807, 2.05) is 11.8 Å². The van der Waals surface area contributed by atoms with Crippen molar-refractivity contribution in [1.29, 1.82) is 0 Å². The number of amidine groups is 1. The van der Waals surface area contributed by atoms with Crippen molar-refractivity contribution in [3.63, 3.8) is 0 Å². The number of nitrogens with two attached hydrogens (primary N) is 1. The average Bonchev–Trinajstić information content (AvgIpc) is 2.50. The molecule has 0 aliphatic carbocycles. The summed E-state index contributed by atoms with van der Waals surface area (Å²) in [7, 11) is 0. The summed E-state index contributed by atoms with van der Waals surface area (Å²) in [6.07, 6.45) is 4.32. The van der Waals surface area contributed by atoms with Crippen LogP contribution < -0.4 is 16.2 Å². The molecule has 0 unspecified atom stereocenters. The van der Waals surface area contributed by atoms with Crippen LogP contribution >= 0.6 is 0 Å². The van der Waals surface area contributed by atoms with E-state index in [1.165, 1.54) is 0 Å². The fourth-order valence-corrected chi connectivity index (χ4v) is 2.45. The van der Waals surface area contributed by atoms with Crippen molar-refractivity contribution in [3.8, 4) is 0 Å². The molecule has 1 fully saturated rings. The van der Waals surface area contributed by atoms with E-state index in [9.17, 15) is 4.79 Å². The summed E-state index contributed by atoms with van der Waals surface area (Å²) < 4.78 is 1.70. The Morgan fingerprint density at radius 2 is 2.14 bits per heavy atom. The van der Waals surface area contributed by atoms with Crippen molar-refractivity contribution in [3.05, 3.63) is 22.7 Å². The van der Waals surface area contributed by atoms with Crippen LogP contribution in [-0.4, -0.2) is 58.2 Å². The molecule has 0 spiro atoms. The maximum absolute atomic E-state index is 12.3. The molecular weight excluding hydrogens is 272 g/mol. The van der Waals surface area contributed by atoms with E-state index in [2.05, 4.69) is 15.0 Å². The normalized spacial score (nSPS) is 17.2. The fourth-order valence-electron chi connectivity index (χ4n) is 2.45. The number of hydrogen-bond donors (Lipinski definition) is 2. The smallest absolute Gasteiger partial charge is 0.293 e. The van der Waals surface area contributed by atoms with Gasteiger partial charge in [0, 0.05) is 45.1 Å². The van der Waals surface area contributed by atoms with Crippen molar-refractivity contribution < 1.29 is 5.21 Å². The van der Waals surface area contributed by atoms with Gasteiger partial charge in [0.1, 0.15) is 0 Å². The highest BCUT2D eigenvalue weighted by atomic mass is 16.4. The fraction of sp³-hybridized carbons (Fsp3) is 0.615. The molecule has 0 bridgehead atoms. The third-order valence-electron chi connectivity index (χ3n) is 3.55. The van der Waals surface area contributed by atoms with Crippen molar-refractivity contribution in [2.45, 2.75) is 19.9 Å². The van der Waals surface area contributed by atoms with Crippen molar-refractivity contribution in [2.24, 2.45) is 10.9 Å². The van der Waals surface area contributed by atoms with Gasteiger partial charge in [0.15, 0.2) is 11.7 Å². The number of oxime groups is 1. The molecule has 2 heterocycles. The molecule has 2 rings (SSSR count). The van der Waals surface area contributed by atoms with Gasteiger partial charge in [-0.1, -0.05) is 12.1 Å². The van der Waals surface area contributed by atoms with E-state index in [1.54, 1.807) is 17.0 Å². The van der Waals surface area contributed by atoms with Crippen LogP contribution in [0.25, 0.3) is 0 Å². The van der Waals surface area contributed by atoms with E-state index < -0.39 is 0 Å². The van der Waals surface area contributed by atoms with Gasteiger partial charge in [0.05, 0.1) is 6.54 Å². The molecular formula is C13H22N6O2. The molecule has 3 N–H and O–H groups in total. The first-order valence-corrected chi connectivity index (χ1v) is 7.14. The summed E-state index contributed by atoms with van der Waals surface area (Å²) in [6, 6.07) is 0. The Bertz CT molecular complexity index is 548. The second kappa shape index (κ2) is 7.07. The first-order chi connectivity index (χ1) is 10.2. The molecule has 0 atom stereocenters. The average molecular weight is 294 g/mol. The summed E-state index contributed by atoms with van der Waals surface area (Å²) in [5, 5.41) is 11.6. The number of hydrogen-bond acceptors (Lipinski definition) is 6. The molecule has 1 aromatic heterocycles. The van der Waals surface area contributed by atoms with Crippen LogP contribution in [0, 0.1) is 0 Å². The zero-order valence-electron chi connectivity index (χ0n) is 12.3. The number of anilines is 1. The van der Waals surface area contributed by atoms with E-state index in [4.69, 9.17) is 10.9 Å². The minimum absolute atomic E-state index is 0.0377. The Morgan fingerprint density at radius 3 is 2.76 bits per heavy atom. The first-order valence-electron chi connectivity index (χ1n) is 7.14. The van der Waals surface area contributed by atoms with Crippen molar-refractivity contribution >= 4 is 11.7 Å². The highest BCUT2D eigenvalue weighted by molar-refractivity contribution is 5.81. The van der Waals surface area contributed by atoms with E-state index in [0.29, 0.717) is 32.0 Å². The number of aromatic nitrogens is 2. The van der Waals surface area contributed by atoms with Gasteiger partial charge in [0.25, 0.3) is 5.56 Å². The Hall–Kier alpha value is -2.09. The van der Waals surface area contributed by atoms with Crippen LogP contribution in [0.4, 0.5) is 5.82 Å². The lowest BCUT2D eigenvalue weighted by atomic mass is 10.3. The third kappa shape index (κ3) is 3.72. The maximum Gasteiger partial charge on any atom is 0.293 e. The second-order valence-corrected chi connectivity index (χ2v) is 5.10. The Kier molecular flexibility index (Phi) is 5.15. The largest absolute Gasteiger partial charge is 0.409 e. The lowest BCUT2D eigenvalue weighted by Crippen LogP contribution is -2.50. The van der Waals surface area contributed by atoms with Crippen LogP contribution in [0.5, 0.6) is 0 Å². The molecule has 1 aliphatic rings. The van der Waals surface area contributed by atoms with Gasteiger partial charge >= 0.3 is 0 Å². The topological polar surface area (TPSA) is 100.0 Å². The van der Waals surface area contributed by atoms with Crippen molar-refractivity contribution in [2.75, 3.05) is 37.6 Å². The maximum atomic E-state index is 12.3. The number of rotatable bonds is 5. The highest BCUT2D eigenvalue weighted by Crippen LogP contribution is 2.08. The van der Waals surface area contributed by atoms with Crippen LogP contribution in [0.3, 0.4) is 0 Å². The van der Waals surface area contributed by atoms with Gasteiger partial charge in [-0.15, -0.1) is 0 Å². The zero-order chi connectivity index (χ0) is 15.2. The van der Waals surface area contributed by atoms with Gasteiger partial charge in [-0.3, -0.25) is 9.69 Å². The summed E-state index contributed by atoms with van der Waals surface area (Å²) in [4.78, 5) is 20.6. The van der Waals surface area contributed by atoms with Gasteiger partial charge in [-0.25, -0.2) is 4.98 Å². The Balaban J connectivity index is 2.02. The molecule has 0 saturated carbocycles. The van der Waals surface area contributed by atoms with E-state index in [-0.39, 0.29) is 11.4 Å². The molecule has 1 aliphatic heterocycles. The quantitative estimate of drug-likeness (QED) is 0.329. The molecule has 0 aromatic carbocycles. The van der Waals surface area contributed by atoms with Gasteiger partial charge < -0.3 is 20.4 Å². The van der Waals surface area contributed by atoms with E-state index >= 15 is 0 Å². The molecule has 0 radical (unpaired) electrons. The second-order valence-electron chi connectivity index (χ2n) is 5.10. The Labute approximate surface area is 123 Å². The molecule has 1 saturated heterocycles. The van der Waals surface area contributed by atoms with Crippen molar-refractivity contribution in [1.82, 2.24) is 14.5 Å².